The van der Waals surface area contributed by atoms with E-state index in [1.807, 2.05) is 0 Å². The first-order valence-corrected chi connectivity index (χ1v) is 6.43. The van der Waals surface area contributed by atoms with Crippen LogP contribution >= 0.6 is 0 Å². The van der Waals surface area contributed by atoms with Crippen molar-refractivity contribution in [3.05, 3.63) is 23.5 Å². The maximum absolute atomic E-state index is 11.1. The van der Waals surface area contributed by atoms with Crippen LogP contribution in [0, 0.1) is 0 Å². The average molecular weight is 278 g/mol. The van der Waals surface area contributed by atoms with Crippen molar-refractivity contribution in [2.75, 3.05) is 13.7 Å². The van der Waals surface area contributed by atoms with Crippen molar-refractivity contribution in [1.29, 1.82) is 0 Å². The molecule has 0 saturated carbocycles. The molecule has 0 bridgehead atoms. The van der Waals surface area contributed by atoms with Crippen molar-refractivity contribution in [3.8, 4) is 5.75 Å². The van der Waals surface area contributed by atoms with Gasteiger partial charge in [0, 0.05) is 43.4 Å². The molecule has 7 nitrogen and oxygen atoms in total. The van der Waals surface area contributed by atoms with Gasteiger partial charge in [-0.25, -0.2) is 0 Å². The fraction of sp³-hybridized carbons (Fsp3) is 0.462. The molecule has 1 aliphatic rings. The summed E-state index contributed by atoms with van der Waals surface area (Å²) < 4.78 is 5.22. The average Bonchev–Trinajstić information content (AvgIpc) is 2.84. The minimum atomic E-state index is -0.587. The number of rotatable bonds is 6. The summed E-state index contributed by atoms with van der Waals surface area (Å²) in [4.78, 5) is 26.1. The van der Waals surface area contributed by atoms with E-state index in [0.717, 1.165) is 12.0 Å². The number of methoxy groups -OCH3 is 1. The number of hydrogen-bond donors (Lipinski definition) is 3. The second-order valence-corrected chi connectivity index (χ2v) is 4.68. The zero-order chi connectivity index (χ0) is 14.5. The van der Waals surface area contributed by atoms with Crippen molar-refractivity contribution in [3.63, 3.8) is 0 Å². The summed E-state index contributed by atoms with van der Waals surface area (Å²) in [6.45, 7) is 1.23. The van der Waals surface area contributed by atoms with Crippen LogP contribution in [0.2, 0.25) is 0 Å². The molecular formula is C13H18N4O3. The van der Waals surface area contributed by atoms with Gasteiger partial charge in [-0.05, 0) is 6.42 Å². The predicted octanol–water partition coefficient (Wildman–Crippen LogP) is -0.443. The van der Waals surface area contributed by atoms with Gasteiger partial charge in [0.15, 0.2) is 0 Å². The van der Waals surface area contributed by atoms with Crippen LogP contribution in [0.25, 0.3) is 0 Å². The number of primary amides is 1. The molecule has 1 aromatic heterocycles. The van der Waals surface area contributed by atoms with Crippen molar-refractivity contribution in [2.45, 2.75) is 25.4 Å². The molecule has 1 atom stereocenters. The van der Waals surface area contributed by atoms with Crippen LogP contribution in [0.4, 0.5) is 0 Å². The first-order valence-electron chi connectivity index (χ1n) is 6.43. The summed E-state index contributed by atoms with van der Waals surface area (Å²) in [5.74, 6) is 0.0788. The third kappa shape index (κ3) is 3.45. The maximum atomic E-state index is 11.1. The summed E-state index contributed by atoms with van der Waals surface area (Å²) in [6.07, 6.45) is 3.01. The number of pyridine rings is 1. The Morgan fingerprint density at radius 3 is 3.05 bits per heavy atom. The Morgan fingerprint density at radius 1 is 1.65 bits per heavy atom. The van der Waals surface area contributed by atoms with Gasteiger partial charge >= 0.3 is 0 Å². The lowest BCUT2D eigenvalue weighted by atomic mass is 10.2. The molecular weight excluding hydrogens is 260 g/mol. The van der Waals surface area contributed by atoms with Crippen molar-refractivity contribution >= 4 is 11.8 Å². The van der Waals surface area contributed by atoms with E-state index in [4.69, 9.17) is 10.5 Å². The molecule has 108 valence electrons. The molecule has 1 aromatic rings. The zero-order valence-corrected chi connectivity index (χ0v) is 11.3. The minimum absolute atomic E-state index is 0.0989. The van der Waals surface area contributed by atoms with Gasteiger partial charge in [0.2, 0.25) is 5.91 Å². The van der Waals surface area contributed by atoms with Crippen LogP contribution in [-0.4, -0.2) is 36.5 Å². The van der Waals surface area contributed by atoms with Gasteiger partial charge in [-0.2, -0.15) is 0 Å². The van der Waals surface area contributed by atoms with Crippen molar-refractivity contribution in [1.82, 2.24) is 15.6 Å². The molecule has 0 aromatic carbocycles. The Kier molecular flexibility index (Phi) is 4.52. The molecule has 1 unspecified atom stereocenters. The quantitative estimate of drug-likeness (QED) is 0.654. The fourth-order valence-corrected chi connectivity index (χ4v) is 2.13. The summed E-state index contributed by atoms with van der Waals surface area (Å²) in [5, 5.41) is 6.12. The Hall–Kier alpha value is -2.15. The van der Waals surface area contributed by atoms with Gasteiger partial charge in [0.1, 0.15) is 11.4 Å². The molecule has 4 N–H and O–H groups in total. The first-order chi connectivity index (χ1) is 9.60. The number of amides is 2. The molecule has 1 fully saturated rings. The summed E-state index contributed by atoms with van der Waals surface area (Å²) >= 11 is 0. The Morgan fingerprint density at radius 2 is 2.45 bits per heavy atom. The molecule has 2 rings (SSSR count). The van der Waals surface area contributed by atoms with Crippen LogP contribution in [-0.2, 0) is 11.3 Å². The molecule has 7 heteroatoms. The maximum Gasteiger partial charge on any atom is 0.267 e. The number of nitrogens with one attached hydrogen (secondary N) is 2. The highest BCUT2D eigenvalue weighted by atomic mass is 16.5. The lowest BCUT2D eigenvalue weighted by Crippen LogP contribution is -2.35. The largest absolute Gasteiger partial charge is 0.496 e. The van der Waals surface area contributed by atoms with Gasteiger partial charge in [0.05, 0.1) is 7.11 Å². The third-order valence-electron chi connectivity index (χ3n) is 3.21. The smallest absolute Gasteiger partial charge is 0.267 e. The second kappa shape index (κ2) is 6.33. The SMILES string of the molecule is COc1cc(C(N)=O)ncc1CNCC1CCC(=O)N1. The molecule has 0 spiro atoms. The van der Waals surface area contributed by atoms with Crippen LogP contribution in [0.15, 0.2) is 12.3 Å². The number of carbonyl (C=O) groups is 2. The zero-order valence-electron chi connectivity index (χ0n) is 11.3. The predicted molar refractivity (Wildman–Crippen MR) is 72.2 cm³/mol. The Labute approximate surface area is 116 Å². The number of nitrogens with zero attached hydrogens (tertiary/aromatic N) is 1. The molecule has 2 amide bonds. The third-order valence-corrected chi connectivity index (χ3v) is 3.21. The van der Waals surface area contributed by atoms with E-state index in [-0.39, 0.29) is 17.6 Å². The van der Waals surface area contributed by atoms with Gasteiger partial charge in [-0.3, -0.25) is 14.6 Å². The lowest BCUT2D eigenvalue weighted by molar-refractivity contribution is -0.119. The molecule has 0 aliphatic carbocycles. The monoisotopic (exact) mass is 278 g/mol. The van der Waals surface area contributed by atoms with Gasteiger partial charge in [-0.15, -0.1) is 0 Å². The van der Waals surface area contributed by atoms with E-state index in [1.165, 1.54) is 13.2 Å². The van der Waals surface area contributed by atoms with Gasteiger partial charge in [0.25, 0.3) is 5.91 Å². The first kappa shape index (κ1) is 14.3. The highest BCUT2D eigenvalue weighted by Gasteiger charge is 2.20. The van der Waals surface area contributed by atoms with Gasteiger partial charge < -0.3 is 21.1 Å². The molecule has 20 heavy (non-hydrogen) atoms. The van der Waals surface area contributed by atoms with Crippen molar-refractivity contribution in [2.24, 2.45) is 5.73 Å². The Bertz CT molecular complexity index is 518. The molecule has 1 saturated heterocycles. The van der Waals surface area contributed by atoms with Gasteiger partial charge in [-0.1, -0.05) is 0 Å². The van der Waals surface area contributed by atoms with Crippen LogP contribution in [0.3, 0.4) is 0 Å². The Balaban J connectivity index is 1.92. The van der Waals surface area contributed by atoms with E-state index in [0.29, 0.717) is 25.3 Å². The van der Waals surface area contributed by atoms with Crippen LogP contribution in [0.5, 0.6) is 5.75 Å². The second-order valence-electron chi connectivity index (χ2n) is 4.68. The topological polar surface area (TPSA) is 106 Å². The fourth-order valence-electron chi connectivity index (χ4n) is 2.13. The number of aromatic nitrogens is 1. The van der Waals surface area contributed by atoms with Crippen LogP contribution in [0.1, 0.15) is 28.9 Å². The molecule has 2 heterocycles. The van der Waals surface area contributed by atoms with E-state index in [1.54, 1.807) is 6.20 Å². The molecule has 1 aliphatic heterocycles. The lowest BCUT2D eigenvalue weighted by Gasteiger charge is -2.13. The summed E-state index contributed by atoms with van der Waals surface area (Å²) in [5.41, 5.74) is 6.18. The number of ether oxygens (including phenoxy) is 1. The normalized spacial score (nSPS) is 17.9. The van der Waals surface area contributed by atoms with E-state index < -0.39 is 5.91 Å². The highest BCUT2D eigenvalue weighted by Crippen LogP contribution is 2.18. The minimum Gasteiger partial charge on any atom is -0.496 e. The van der Waals surface area contributed by atoms with Crippen LogP contribution < -0.4 is 21.1 Å². The standard InChI is InChI=1S/C13H18N4O3/c1-20-11-4-10(13(14)19)16-6-8(11)5-15-7-9-2-3-12(18)17-9/h4,6,9,15H,2-3,5,7H2,1H3,(H2,14,19)(H,17,18). The van der Waals surface area contributed by atoms with E-state index >= 15 is 0 Å². The molecule has 0 radical (unpaired) electrons. The number of hydrogen-bond acceptors (Lipinski definition) is 5. The van der Waals surface area contributed by atoms with Crippen molar-refractivity contribution < 1.29 is 14.3 Å². The van der Waals surface area contributed by atoms with E-state index in [9.17, 15) is 9.59 Å². The number of carbonyl (C=O) groups excluding carboxylic acids is 2. The summed E-state index contributed by atoms with van der Waals surface area (Å²) in [6, 6.07) is 1.70. The summed E-state index contributed by atoms with van der Waals surface area (Å²) in [7, 11) is 1.53. The number of nitrogens with two attached hydrogens (primary N) is 1. The highest BCUT2D eigenvalue weighted by molar-refractivity contribution is 5.91. The van der Waals surface area contributed by atoms with E-state index in [2.05, 4.69) is 15.6 Å².